The number of nitrogens with one attached hydrogen (secondary N) is 2. The predicted molar refractivity (Wildman–Crippen MR) is 101 cm³/mol. The van der Waals surface area contributed by atoms with Crippen LogP contribution in [0.25, 0.3) is 0 Å². The molecule has 1 aromatic carbocycles. The van der Waals surface area contributed by atoms with E-state index in [4.69, 9.17) is 21.1 Å². The van der Waals surface area contributed by atoms with E-state index in [0.717, 1.165) is 11.1 Å². The highest BCUT2D eigenvalue weighted by Crippen LogP contribution is 2.42. The Labute approximate surface area is 159 Å². The lowest BCUT2D eigenvalue weighted by Crippen LogP contribution is -2.41. The van der Waals surface area contributed by atoms with Crippen molar-refractivity contribution in [2.24, 2.45) is 0 Å². The molecular formula is C19H27ClN2O4. The first-order chi connectivity index (χ1) is 12.0. The van der Waals surface area contributed by atoms with Crippen molar-refractivity contribution in [2.75, 3.05) is 13.7 Å². The average molecular weight is 383 g/mol. The number of alkyl carbamates (subject to hydrolysis) is 1. The number of carbonyl (C=O) groups is 2. The molecule has 26 heavy (non-hydrogen) atoms. The summed E-state index contributed by atoms with van der Waals surface area (Å²) in [4.78, 5) is 23.8. The van der Waals surface area contributed by atoms with Gasteiger partial charge in [-0.15, -0.1) is 0 Å². The van der Waals surface area contributed by atoms with Crippen LogP contribution in [0.2, 0.25) is 5.02 Å². The van der Waals surface area contributed by atoms with Crippen molar-refractivity contribution in [3.8, 4) is 5.75 Å². The van der Waals surface area contributed by atoms with Crippen LogP contribution in [-0.4, -0.2) is 31.2 Å². The lowest BCUT2D eigenvalue weighted by molar-refractivity contribution is -0.119. The van der Waals surface area contributed by atoms with E-state index >= 15 is 0 Å². The Kier molecular flexibility index (Phi) is 6.06. The van der Waals surface area contributed by atoms with Crippen molar-refractivity contribution < 1.29 is 19.1 Å². The summed E-state index contributed by atoms with van der Waals surface area (Å²) in [5.41, 5.74) is 2.05. The molecule has 1 aliphatic heterocycles. The van der Waals surface area contributed by atoms with Crippen LogP contribution in [0.4, 0.5) is 4.79 Å². The SMILES string of the molecule is COc1c(C(C)OC(=O)NC(C)(C)C)cc(Cl)c(C)c1C1CNC(=O)C1. The topological polar surface area (TPSA) is 76.7 Å². The van der Waals surface area contributed by atoms with Gasteiger partial charge in [0.05, 0.1) is 7.11 Å². The van der Waals surface area contributed by atoms with Crippen molar-refractivity contribution in [3.63, 3.8) is 0 Å². The zero-order valence-electron chi connectivity index (χ0n) is 16.2. The van der Waals surface area contributed by atoms with Gasteiger partial charge < -0.3 is 20.1 Å². The minimum Gasteiger partial charge on any atom is -0.496 e. The molecular weight excluding hydrogens is 356 g/mol. The fraction of sp³-hybridized carbons (Fsp3) is 0.579. The van der Waals surface area contributed by atoms with Crippen molar-refractivity contribution in [3.05, 3.63) is 27.8 Å². The number of halogens is 1. The minimum absolute atomic E-state index is 0.00633. The Hall–Kier alpha value is -1.95. The molecule has 0 radical (unpaired) electrons. The van der Waals surface area contributed by atoms with Gasteiger partial charge in [-0.2, -0.15) is 0 Å². The van der Waals surface area contributed by atoms with Crippen molar-refractivity contribution in [1.29, 1.82) is 0 Å². The fourth-order valence-corrected chi connectivity index (χ4v) is 3.37. The smallest absolute Gasteiger partial charge is 0.408 e. The second-order valence-corrected chi connectivity index (χ2v) is 8.05. The fourth-order valence-electron chi connectivity index (χ4n) is 3.16. The van der Waals surface area contributed by atoms with E-state index in [2.05, 4.69) is 10.6 Å². The molecule has 0 saturated carbocycles. The number of methoxy groups -OCH3 is 1. The third-order valence-corrected chi connectivity index (χ3v) is 4.73. The monoisotopic (exact) mass is 382 g/mol. The summed E-state index contributed by atoms with van der Waals surface area (Å²) >= 11 is 6.43. The number of hydrogen-bond donors (Lipinski definition) is 2. The van der Waals surface area contributed by atoms with Gasteiger partial charge >= 0.3 is 6.09 Å². The summed E-state index contributed by atoms with van der Waals surface area (Å²) in [6, 6.07) is 1.76. The van der Waals surface area contributed by atoms with Gasteiger partial charge in [-0.1, -0.05) is 11.6 Å². The van der Waals surface area contributed by atoms with Crippen LogP contribution in [0.15, 0.2) is 6.07 Å². The lowest BCUT2D eigenvalue weighted by Gasteiger charge is -2.25. The molecule has 1 aromatic rings. The number of benzene rings is 1. The molecule has 1 saturated heterocycles. The molecule has 2 rings (SSSR count). The maximum absolute atomic E-state index is 12.1. The van der Waals surface area contributed by atoms with Gasteiger partial charge in [-0.05, 0) is 46.2 Å². The molecule has 2 unspecified atom stereocenters. The molecule has 0 aromatic heterocycles. The lowest BCUT2D eigenvalue weighted by atomic mass is 9.89. The van der Waals surface area contributed by atoms with Gasteiger partial charge in [-0.3, -0.25) is 4.79 Å². The first kappa shape index (κ1) is 20.4. The quantitative estimate of drug-likeness (QED) is 0.829. The Morgan fingerprint density at radius 3 is 2.58 bits per heavy atom. The van der Waals surface area contributed by atoms with Crippen molar-refractivity contribution >= 4 is 23.6 Å². The van der Waals surface area contributed by atoms with E-state index in [1.54, 1.807) is 20.1 Å². The molecule has 1 heterocycles. The zero-order valence-corrected chi connectivity index (χ0v) is 16.9. The highest BCUT2D eigenvalue weighted by molar-refractivity contribution is 6.31. The molecule has 144 valence electrons. The Balaban J connectivity index is 2.37. The van der Waals surface area contributed by atoms with E-state index in [9.17, 15) is 9.59 Å². The van der Waals surface area contributed by atoms with E-state index < -0.39 is 17.7 Å². The number of amides is 2. The highest BCUT2D eigenvalue weighted by Gasteiger charge is 2.31. The number of ether oxygens (including phenoxy) is 2. The molecule has 1 aliphatic rings. The van der Waals surface area contributed by atoms with E-state index in [1.165, 1.54) is 0 Å². The average Bonchev–Trinajstić information content (AvgIpc) is 2.93. The molecule has 1 fully saturated rings. The minimum atomic E-state index is -0.561. The van der Waals surface area contributed by atoms with Gasteiger partial charge in [0.25, 0.3) is 0 Å². The van der Waals surface area contributed by atoms with Gasteiger partial charge in [0.15, 0.2) is 0 Å². The molecule has 0 aliphatic carbocycles. The molecule has 0 spiro atoms. The third-order valence-electron chi connectivity index (χ3n) is 4.34. The van der Waals surface area contributed by atoms with Crippen molar-refractivity contribution in [1.82, 2.24) is 10.6 Å². The van der Waals surface area contributed by atoms with Crippen LogP contribution in [0.1, 0.15) is 62.8 Å². The van der Waals surface area contributed by atoms with E-state index in [-0.39, 0.29) is 11.8 Å². The van der Waals surface area contributed by atoms with Gasteiger partial charge in [-0.25, -0.2) is 4.79 Å². The number of rotatable bonds is 4. The van der Waals surface area contributed by atoms with Gasteiger partial charge in [0.2, 0.25) is 5.91 Å². The first-order valence-corrected chi connectivity index (χ1v) is 9.03. The second-order valence-electron chi connectivity index (χ2n) is 7.65. The molecule has 2 N–H and O–H groups in total. The Morgan fingerprint density at radius 2 is 2.08 bits per heavy atom. The van der Waals surface area contributed by atoms with Crippen LogP contribution in [0, 0.1) is 6.92 Å². The summed E-state index contributed by atoms with van der Waals surface area (Å²) in [5, 5.41) is 6.17. The maximum Gasteiger partial charge on any atom is 0.408 e. The standard InChI is InChI=1S/C19H27ClN2O4/c1-10-14(20)8-13(11(2)26-18(24)22-19(3,4)5)17(25-6)16(10)12-7-15(23)21-9-12/h8,11-12H,7,9H2,1-6H3,(H,21,23)(H,22,24). The second kappa shape index (κ2) is 7.74. The predicted octanol–water partition coefficient (Wildman–Crippen LogP) is 3.85. The largest absolute Gasteiger partial charge is 0.496 e. The zero-order chi connectivity index (χ0) is 19.6. The van der Waals surface area contributed by atoms with Gasteiger partial charge in [0.1, 0.15) is 11.9 Å². The Morgan fingerprint density at radius 1 is 1.42 bits per heavy atom. The van der Waals surface area contributed by atoms with Crippen LogP contribution in [0.3, 0.4) is 0 Å². The molecule has 6 nitrogen and oxygen atoms in total. The van der Waals surface area contributed by atoms with E-state index in [1.807, 2.05) is 27.7 Å². The summed E-state index contributed by atoms with van der Waals surface area (Å²) in [7, 11) is 1.57. The third kappa shape index (κ3) is 4.61. The summed E-state index contributed by atoms with van der Waals surface area (Å²) < 4.78 is 11.2. The van der Waals surface area contributed by atoms with Gasteiger partial charge in [0, 0.05) is 40.6 Å². The van der Waals surface area contributed by atoms with Crippen molar-refractivity contribution in [2.45, 2.75) is 58.6 Å². The van der Waals surface area contributed by atoms with Crippen LogP contribution < -0.4 is 15.4 Å². The van der Waals surface area contributed by atoms with E-state index in [0.29, 0.717) is 29.3 Å². The first-order valence-electron chi connectivity index (χ1n) is 8.66. The van der Waals surface area contributed by atoms with Crippen LogP contribution in [0.5, 0.6) is 5.75 Å². The maximum atomic E-state index is 12.1. The Bertz CT molecular complexity index is 712. The highest BCUT2D eigenvalue weighted by atomic mass is 35.5. The molecule has 2 atom stereocenters. The summed E-state index contributed by atoms with van der Waals surface area (Å²) in [5.74, 6) is 0.599. The summed E-state index contributed by atoms with van der Waals surface area (Å²) in [6.45, 7) is 9.85. The van der Waals surface area contributed by atoms with Crippen LogP contribution >= 0.6 is 11.6 Å². The van der Waals surface area contributed by atoms with Crippen LogP contribution in [-0.2, 0) is 9.53 Å². The normalized spacial score (nSPS) is 18.3. The summed E-state index contributed by atoms with van der Waals surface area (Å²) in [6.07, 6.45) is -0.686. The molecule has 2 amide bonds. The molecule has 0 bridgehead atoms. The molecule has 7 heteroatoms. The number of hydrogen-bond acceptors (Lipinski definition) is 4. The number of carbonyl (C=O) groups excluding carboxylic acids is 2.